The Labute approximate surface area is 110 Å². The van der Waals surface area contributed by atoms with Gasteiger partial charge in [0, 0.05) is 26.6 Å². The zero-order chi connectivity index (χ0) is 13.0. The van der Waals surface area contributed by atoms with Crippen molar-refractivity contribution in [3.8, 4) is 0 Å². The highest BCUT2D eigenvalue weighted by atomic mass is 16.5. The van der Waals surface area contributed by atoms with Crippen molar-refractivity contribution in [1.29, 1.82) is 0 Å². The van der Waals surface area contributed by atoms with E-state index in [9.17, 15) is 4.79 Å². The molecule has 1 saturated carbocycles. The molecule has 1 unspecified atom stereocenters. The van der Waals surface area contributed by atoms with Gasteiger partial charge < -0.3 is 15.4 Å². The number of methoxy groups -OCH3 is 1. The molecule has 1 aliphatic heterocycles. The molecule has 2 rings (SSSR count). The first-order chi connectivity index (χ1) is 8.69. The van der Waals surface area contributed by atoms with Gasteiger partial charge in [0.1, 0.15) is 0 Å². The molecule has 104 valence electrons. The second kappa shape index (κ2) is 6.02. The quantitative estimate of drug-likeness (QED) is 0.828. The first-order valence-electron chi connectivity index (χ1n) is 7.20. The Morgan fingerprint density at radius 3 is 2.67 bits per heavy atom. The molecule has 0 aromatic rings. The van der Waals surface area contributed by atoms with Gasteiger partial charge in [0.25, 0.3) is 0 Å². The minimum atomic E-state index is 0.0838. The number of nitrogens with two attached hydrogens (primary N) is 1. The van der Waals surface area contributed by atoms with Gasteiger partial charge in [0.15, 0.2) is 0 Å². The van der Waals surface area contributed by atoms with E-state index in [4.69, 9.17) is 10.5 Å². The summed E-state index contributed by atoms with van der Waals surface area (Å²) >= 11 is 0. The fraction of sp³-hybridized carbons (Fsp3) is 0.929. The van der Waals surface area contributed by atoms with Gasteiger partial charge in [0.05, 0.1) is 6.10 Å². The number of rotatable bonds is 4. The van der Waals surface area contributed by atoms with Gasteiger partial charge in [-0.2, -0.15) is 0 Å². The van der Waals surface area contributed by atoms with E-state index >= 15 is 0 Å². The molecule has 18 heavy (non-hydrogen) atoms. The Kier molecular flexibility index (Phi) is 4.62. The molecule has 2 N–H and O–H groups in total. The predicted molar refractivity (Wildman–Crippen MR) is 71.2 cm³/mol. The Hall–Kier alpha value is -0.610. The third-order valence-electron chi connectivity index (χ3n) is 4.70. The number of carbonyl (C=O) groups excluding carboxylic acids is 1. The van der Waals surface area contributed by atoms with E-state index < -0.39 is 0 Å². The van der Waals surface area contributed by atoms with Crippen LogP contribution in [0.4, 0.5) is 0 Å². The van der Waals surface area contributed by atoms with Crippen molar-refractivity contribution in [3.05, 3.63) is 0 Å². The van der Waals surface area contributed by atoms with Crippen LogP contribution < -0.4 is 5.73 Å². The highest BCUT2D eigenvalue weighted by Gasteiger charge is 2.36. The average Bonchev–Trinajstić information content (AvgIpc) is 2.88. The third-order valence-corrected chi connectivity index (χ3v) is 4.70. The number of amides is 1. The fourth-order valence-corrected chi connectivity index (χ4v) is 3.33. The molecule has 0 aromatic heterocycles. The third kappa shape index (κ3) is 3.04. The zero-order valence-electron chi connectivity index (χ0n) is 11.5. The van der Waals surface area contributed by atoms with E-state index in [-0.39, 0.29) is 17.4 Å². The van der Waals surface area contributed by atoms with Gasteiger partial charge in [-0.15, -0.1) is 0 Å². The lowest BCUT2D eigenvalue weighted by Gasteiger charge is -2.36. The lowest BCUT2D eigenvalue weighted by molar-refractivity contribution is -0.133. The molecule has 1 aliphatic carbocycles. The van der Waals surface area contributed by atoms with Crippen molar-refractivity contribution in [2.75, 3.05) is 26.7 Å². The normalized spacial score (nSPS) is 27.4. The number of nitrogens with zero attached hydrogens (tertiary/aromatic N) is 1. The highest BCUT2D eigenvalue weighted by molar-refractivity contribution is 5.77. The van der Waals surface area contributed by atoms with Crippen LogP contribution in [0.1, 0.15) is 44.9 Å². The van der Waals surface area contributed by atoms with Crippen molar-refractivity contribution < 1.29 is 9.53 Å². The van der Waals surface area contributed by atoms with Crippen LogP contribution in [0.25, 0.3) is 0 Å². The molecule has 0 aromatic carbocycles. The van der Waals surface area contributed by atoms with Gasteiger partial charge >= 0.3 is 0 Å². The van der Waals surface area contributed by atoms with Crippen LogP contribution in [0.2, 0.25) is 0 Å². The molecule has 1 atom stereocenters. The summed E-state index contributed by atoms with van der Waals surface area (Å²) in [4.78, 5) is 14.3. The first kappa shape index (κ1) is 13.8. The summed E-state index contributed by atoms with van der Waals surface area (Å²) in [5, 5.41) is 0. The van der Waals surface area contributed by atoms with Crippen LogP contribution in [0, 0.1) is 5.41 Å². The Balaban J connectivity index is 1.89. The van der Waals surface area contributed by atoms with Gasteiger partial charge in [-0.1, -0.05) is 19.3 Å². The van der Waals surface area contributed by atoms with Crippen molar-refractivity contribution in [2.24, 2.45) is 11.1 Å². The molecule has 1 heterocycles. The smallest absolute Gasteiger partial charge is 0.223 e. The van der Waals surface area contributed by atoms with Crippen LogP contribution in [0.15, 0.2) is 0 Å². The summed E-state index contributed by atoms with van der Waals surface area (Å²) < 4.78 is 5.31. The predicted octanol–water partition coefficient (Wildman–Crippen LogP) is 1.53. The summed E-state index contributed by atoms with van der Waals surface area (Å²) in [6.07, 6.45) is 7.83. The largest absolute Gasteiger partial charge is 0.380 e. The van der Waals surface area contributed by atoms with Gasteiger partial charge in [-0.3, -0.25) is 4.79 Å². The average molecular weight is 254 g/mol. The Morgan fingerprint density at radius 2 is 2.11 bits per heavy atom. The Bertz CT molecular complexity index is 288. The van der Waals surface area contributed by atoms with Crippen molar-refractivity contribution in [3.63, 3.8) is 0 Å². The Morgan fingerprint density at radius 1 is 1.39 bits per heavy atom. The summed E-state index contributed by atoms with van der Waals surface area (Å²) in [7, 11) is 1.72. The first-order valence-corrected chi connectivity index (χ1v) is 7.20. The van der Waals surface area contributed by atoms with Crippen LogP contribution >= 0.6 is 0 Å². The van der Waals surface area contributed by atoms with Crippen LogP contribution in [0.3, 0.4) is 0 Å². The molecule has 2 fully saturated rings. The van der Waals surface area contributed by atoms with E-state index in [2.05, 4.69) is 0 Å². The van der Waals surface area contributed by atoms with Crippen molar-refractivity contribution in [1.82, 2.24) is 4.90 Å². The number of hydrogen-bond donors (Lipinski definition) is 1. The molecule has 4 nitrogen and oxygen atoms in total. The van der Waals surface area contributed by atoms with Crippen LogP contribution in [-0.2, 0) is 9.53 Å². The molecule has 1 saturated heterocycles. The van der Waals surface area contributed by atoms with Gasteiger partial charge in [-0.05, 0) is 31.2 Å². The number of ether oxygens (including phenoxy) is 1. The maximum Gasteiger partial charge on any atom is 0.223 e. The standard InChI is InChI=1S/C14H26N2O2/c1-18-12-5-8-16(10-12)13(17)9-14(11-15)6-3-2-4-7-14/h12H,2-11,15H2,1H3. The topological polar surface area (TPSA) is 55.6 Å². The highest BCUT2D eigenvalue weighted by Crippen LogP contribution is 2.39. The molecular weight excluding hydrogens is 228 g/mol. The summed E-state index contributed by atoms with van der Waals surface area (Å²) in [6.45, 7) is 2.26. The molecule has 1 amide bonds. The zero-order valence-corrected chi connectivity index (χ0v) is 11.5. The van der Waals surface area contributed by atoms with Gasteiger partial charge in [-0.25, -0.2) is 0 Å². The van der Waals surface area contributed by atoms with Crippen LogP contribution in [0.5, 0.6) is 0 Å². The van der Waals surface area contributed by atoms with E-state index in [0.29, 0.717) is 13.0 Å². The molecule has 2 aliphatic rings. The summed E-state index contributed by atoms with van der Waals surface area (Å²) in [5.74, 6) is 0.280. The lowest BCUT2D eigenvalue weighted by atomic mass is 9.71. The van der Waals surface area contributed by atoms with Gasteiger partial charge in [0.2, 0.25) is 5.91 Å². The summed E-state index contributed by atoms with van der Waals surface area (Å²) in [6, 6.07) is 0. The maximum atomic E-state index is 12.4. The molecule has 0 bridgehead atoms. The minimum Gasteiger partial charge on any atom is -0.380 e. The van der Waals surface area contributed by atoms with E-state index in [1.54, 1.807) is 7.11 Å². The number of likely N-dealkylation sites (tertiary alicyclic amines) is 1. The number of carbonyl (C=O) groups is 1. The van der Waals surface area contributed by atoms with Crippen molar-refractivity contribution in [2.45, 2.75) is 51.0 Å². The maximum absolute atomic E-state index is 12.4. The van der Waals surface area contributed by atoms with E-state index in [0.717, 1.165) is 32.4 Å². The fourth-order valence-electron chi connectivity index (χ4n) is 3.33. The SMILES string of the molecule is COC1CCN(C(=O)CC2(CN)CCCCC2)C1. The molecule has 0 radical (unpaired) electrons. The molecular formula is C14H26N2O2. The minimum absolute atomic E-state index is 0.0838. The van der Waals surface area contributed by atoms with Crippen molar-refractivity contribution >= 4 is 5.91 Å². The van der Waals surface area contributed by atoms with E-state index in [1.165, 1.54) is 19.3 Å². The number of hydrogen-bond acceptors (Lipinski definition) is 3. The molecule has 4 heteroatoms. The summed E-state index contributed by atoms with van der Waals surface area (Å²) in [5.41, 5.74) is 6.03. The van der Waals surface area contributed by atoms with Crippen LogP contribution in [-0.4, -0.2) is 43.7 Å². The molecule has 0 spiro atoms. The second-order valence-electron chi connectivity index (χ2n) is 5.93. The van der Waals surface area contributed by atoms with E-state index in [1.807, 2.05) is 4.90 Å². The second-order valence-corrected chi connectivity index (χ2v) is 5.93. The monoisotopic (exact) mass is 254 g/mol. The lowest BCUT2D eigenvalue weighted by Crippen LogP contribution is -2.40.